The molecule has 2 fully saturated rings. The van der Waals surface area contributed by atoms with E-state index >= 15 is 0 Å². The molecule has 0 radical (unpaired) electrons. The Bertz CT molecular complexity index is 350. The highest BCUT2D eigenvalue weighted by Gasteiger charge is 2.38. The van der Waals surface area contributed by atoms with Crippen LogP contribution in [0.25, 0.3) is 0 Å². The number of amides is 1. The van der Waals surface area contributed by atoms with Gasteiger partial charge in [0.2, 0.25) is 5.91 Å². The maximum Gasteiger partial charge on any atom is 0.307 e. The van der Waals surface area contributed by atoms with Gasteiger partial charge >= 0.3 is 5.97 Å². The zero-order valence-electron chi connectivity index (χ0n) is 12.2. The lowest BCUT2D eigenvalue weighted by molar-refractivity contribution is -0.153. The van der Waals surface area contributed by atoms with Crippen molar-refractivity contribution in [1.29, 1.82) is 0 Å². The van der Waals surface area contributed by atoms with Crippen molar-refractivity contribution in [3.63, 3.8) is 0 Å². The van der Waals surface area contributed by atoms with Crippen molar-refractivity contribution in [2.24, 2.45) is 17.8 Å². The summed E-state index contributed by atoms with van der Waals surface area (Å²) in [7, 11) is 1.71. The molecule has 1 amide bonds. The molecule has 1 heterocycles. The van der Waals surface area contributed by atoms with Gasteiger partial charge in [0.05, 0.1) is 11.8 Å². The van der Waals surface area contributed by atoms with Crippen LogP contribution in [0.2, 0.25) is 0 Å². The van der Waals surface area contributed by atoms with Crippen molar-refractivity contribution in [1.82, 2.24) is 4.90 Å². The first-order valence-electron chi connectivity index (χ1n) is 7.64. The number of hydrogen-bond acceptors (Lipinski definition) is 3. The van der Waals surface area contributed by atoms with Crippen LogP contribution in [0.5, 0.6) is 0 Å². The Morgan fingerprint density at radius 1 is 1.10 bits per heavy atom. The van der Waals surface area contributed by atoms with Gasteiger partial charge in [0, 0.05) is 26.8 Å². The van der Waals surface area contributed by atoms with Crippen molar-refractivity contribution in [2.75, 3.05) is 26.8 Å². The monoisotopic (exact) mass is 283 g/mol. The van der Waals surface area contributed by atoms with Crippen molar-refractivity contribution >= 4 is 11.9 Å². The molecular formula is C15H25NO4. The van der Waals surface area contributed by atoms with Crippen LogP contribution in [0.3, 0.4) is 0 Å². The third kappa shape index (κ3) is 3.51. The average molecular weight is 283 g/mol. The molecule has 0 bridgehead atoms. The predicted molar refractivity (Wildman–Crippen MR) is 74.3 cm³/mol. The number of methoxy groups -OCH3 is 1. The van der Waals surface area contributed by atoms with Gasteiger partial charge in [-0.2, -0.15) is 0 Å². The van der Waals surface area contributed by atoms with Gasteiger partial charge in [0.25, 0.3) is 0 Å². The first kappa shape index (κ1) is 15.3. The number of aliphatic carboxylic acids is 1. The van der Waals surface area contributed by atoms with E-state index in [1.165, 1.54) is 0 Å². The molecule has 2 rings (SSSR count). The number of carboxylic acids is 1. The number of carboxylic acid groups (broad SMARTS) is 1. The van der Waals surface area contributed by atoms with E-state index in [-0.39, 0.29) is 11.8 Å². The van der Waals surface area contributed by atoms with Gasteiger partial charge in [0.15, 0.2) is 0 Å². The fourth-order valence-electron chi connectivity index (χ4n) is 3.51. The van der Waals surface area contributed by atoms with Crippen molar-refractivity contribution in [3.8, 4) is 0 Å². The largest absolute Gasteiger partial charge is 0.481 e. The van der Waals surface area contributed by atoms with Crippen LogP contribution in [0.15, 0.2) is 0 Å². The number of hydrogen-bond donors (Lipinski definition) is 1. The highest BCUT2D eigenvalue weighted by molar-refractivity contribution is 5.85. The molecule has 20 heavy (non-hydrogen) atoms. The van der Waals surface area contributed by atoms with E-state index in [4.69, 9.17) is 4.74 Å². The highest BCUT2D eigenvalue weighted by Crippen LogP contribution is 2.32. The smallest absolute Gasteiger partial charge is 0.307 e. The molecule has 5 nitrogen and oxygen atoms in total. The summed E-state index contributed by atoms with van der Waals surface area (Å²) in [6.07, 6.45) is 5.20. The summed E-state index contributed by atoms with van der Waals surface area (Å²) in [5.41, 5.74) is 0. The van der Waals surface area contributed by atoms with Crippen LogP contribution < -0.4 is 0 Å². The fourth-order valence-corrected chi connectivity index (χ4v) is 3.51. The first-order valence-corrected chi connectivity index (χ1v) is 7.64. The van der Waals surface area contributed by atoms with Crippen LogP contribution in [-0.4, -0.2) is 48.7 Å². The molecule has 2 unspecified atom stereocenters. The zero-order valence-corrected chi connectivity index (χ0v) is 12.2. The Balaban J connectivity index is 1.92. The molecule has 1 saturated carbocycles. The molecule has 1 aliphatic heterocycles. The second-order valence-corrected chi connectivity index (χ2v) is 6.06. The van der Waals surface area contributed by atoms with Crippen molar-refractivity contribution in [3.05, 3.63) is 0 Å². The second-order valence-electron chi connectivity index (χ2n) is 6.06. The summed E-state index contributed by atoms with van der Waals surface area (Å²) in [6.45, 7) is 2.24. The summed E-state index contributed by atoms with van der Waals surface area (Å²) in [5.74, 6) is -0.996. The van der Waals surface area contributed by atoms with Gasteiger partial charge in [-0.25, -0.2) is 0 Å². The minimum atomic E-state index is -0.808. The Morgan fingerprint density at radius 2 is 1.70 bits per heavy atom. The van der Waals surface area contributed by atoms with Gasteiger partial charge in [-0.15, -0.1) is 0 Å². The molecule has 0 spiro atoms. The lowest BCUT2D eigenvalue weighted by Gasteiger charge is -2.36. The topological polar surface area (TPSA) is 66.8 Å². The van der Waals surface area contributed by atoms with Crippen molar-refractivity contribution in [2.45, 2.75) is 38.5 Å². The van der Waals surface area contributed by atoms with Gasteiger partial charge < -0.3 is 14.7 Å². The number of piperidine rings is 1. The molecule has 5 heteroatoms. The standard InChI is InChI=1S/C15H25NO4/c1-20-10-11-6-8-16(9-7-11)14(17)12-4-2-3-5-13(12)15(18)19/h11-13H,2-10H2,1H3,(H,18,19). The van der Waals surface area contributed by atoms with Gasteiger partial charge in [-0.1, -0.05) is 12.8 Å². The fraction of sp³-hybridized carbons (Fsp3) is 0.867. The van der Waals surface area contributed by atoms with Crippen LogP contribution in [-0.2, 0) is 14.3 Å². The molecule has 0 aromatic heterocycles. The first-order chi connectivity index (χ1) is 9.63. The number of ether oxygens (including phenoxy) is 1. The average Bonchev–Trinajstić information content (AvgIpc) is 2.47. The third-order valence-corrected chi connectivity index (χ3v) is 4.73. The molecular weight excluding hydrogens is 258 g/mol. The van der Waals surface area contributed by atoms with E-state index in [1.54, 1.807) is 7.11 Å². The van der Waals surface area contributed by atoms with Crippen LogP contribution in [0, 0.1) is 17.8 Å². The molecule has 2 atom stereocenters. The van der Waals surface area contributed by atoms with E-state index in [0.717, 1.165) is 51.8 Å². The lowest BCUT2D eigenvalue weighted by Crippen LogP contribution is -2.46. The number of carbonyl (C=O) groups excluding carboxylic acids is 1. The summed E-state index contributed by atoms with van der Waals surface area (Å²) in [5, 5.41) is 9.28. The van der Waals surface area contributed by atoms with Crippen LogP contribution >= 0.6 is 0 Å². The number of rotatable bonds is 4. The van der Waals surface area contributed by atoms with E-state index in [2.05, 4.69) is 0 Å². The predicted octanol–water partition coefficient (Wildman–Crippen LogP) is 1.76. The molecule has 1 saturated heterocycles. The van der Waals surface area contributed by atoms with E-state index in [9.17, 15) is 14.7 Å². The second kappa shape index (κ2) is 7.07. The lowest BCUT2D eigenvalue weighted by atomic mass is 9.78. The quantitative estimate of drug-likeness (QED) is 0.853. The van der Waals surface area contributed by atoms with Crippen LogP contribution in [0.4, 0.5) is 0 Å². The Morgan fingerprint density at radius 3 is 2.25 bits per heavy atom. The van der Waals surface area contributed by atoms with E-state index < -0.39 is 11.9 Å². The Labute approximate surface area is 120 Å². The third-order valence-electron chi connectivity index (χ3n) is 4.73. The normalized spacial score (nSPS) is 28.4. The maximum absolute atomic E-state index is 12.6. The van der Waals surface area contributed by atoms with E-state index in [1.807, 2.05) is 4.90 Å². The number of nitrogens with zero attached hydrogens (tertiary/aromatic N) is 1. The molecule has 1 aliphatic carbocycles. The van der Waals surface area contributed by atoms with Crippen molar-refractivity contribution < 1.29 is 19.4 Å². The molecule has 0 aromatic carbocycles. The SMILES string of the molecule is COCC1CCN(C(=O)C2CCCCC2C(=O)O)CC1. The highest BCUT2D eigenvalue weighted by atomic mass is 16.5. The summed E-state index contributed by atoms with van der Waals surface area (Å²) in [6, 6.07) is 0. The van der Waals surface area contributed by atoms with Crippen LogP contribution in [0.1, 0.15) is 38.5 Å². The maximum atomic E-state index is 12.6. The minimum absolute atomic E-state index is 0.0629. The Kier molecular flexibility index (Phi) is 5.40. The summed E-state index contributed by atoms with van der Waals surface area (Å²) >= 11 is 0. The number of likely N-dealkylation sites (tertiary alicyclic amines) is 1. The van der Waals surface area contributed by atoms with Gasteiger partial charge in [0.1, 0.15) is 0 Å². The molecule has 114 valence electrons. The zero-order chi connectivity index (χ0) is 14.5. The molecule has 0 aromatic rings. The van der Waals surface area contributed by atoms with E-state index in [0.29, 0.717) is 12.3 Å². The molecule has 2 aliphatic rings. The summed E-state index contributed by atoms with van der Waals surface area (Å²) in [4.78, 5) is 25.7. The van der Waals surface area contributed by atoms with Gasteiger partial charge in [-0.3, -0.25) is 9.59 Å². The van der Waals surface area contributed by atoms with Gasteiger partial charge in [-0.05, 0) is 31.6 Å². The Hall–Kier alpha value is -1.10. The number of carbonyl (C=O) groups is 2. The molecule has 1 N–H and O–H groups in total. The minimum Gasteiger partial charge on any atom is -0.481 e. The summed E-state index contributed by atoms with van der Waals surface area (Å²) < 4.78 is 5.16.